The van der Waals surface area contributed by atoms with Crippen molar-refractivity contribution < 1.29 is 232 Å². The molecule has 0 radical (unpaired) electrons. The summed E-state index contributed by atoms with van der Waals surface area (Å²) in [6.45, 7) is -2.00. The van der Waals surface area contributed by atoms with Gasteiger partial charge in [-0.3, -0.25) is 19.2 Å². The largest absolute Gasteiger partial charge is 0.477 e. The molecule has 40 unspecified atom stereocenters. The number of carbonyl (C=O) groups excluding carboxylic acids is 5. The zero-order chi connectivity index (χ0) is 107. The van der Waals surface area contributed by atoms with Crippen molar-refractivity contribution in [1.82, 2.24) is 21.3 Å². The highest BCUT2D eigenvalue weighted by molar-refractivity contribution is 5.79. The number of aliphatic hydroxyl groups is 22. The third kappa shape index (κ3) is 35.3. The zero-order valence-corrected chi connectivity index (χ0v) is 83.3. The first-order valence-corrected chi connectivity index (χ1v) is 50.9. The van der Waals surface area contributed by atoms with E-state index in [9.17, 15) is 166 Å². The average molecular weight is 2100 g/mol. The fraction of sp³-hybridized carbons (Fsp3) is 0.915. The van der Waals surface area contributed by atoms with Crippen LogP contribution in [0.5, 0.6) is 0 Å². The zero-order valence-electron chi connectivity index (χ0n) is 83.3. The molecule has 7 heterocycles. The van der Waals surface area contributed by atoms with Gasteiger partial charge in [0.2, 0.25) is 23.6 Å². The first-order chi connectivity index (χ1) is 68.9. The van der Waals surface area contributed by atoms with Crippen molar-refractivity contribution in [3.05, 3.63) is 0 Å². The van der Waals surface area contributed by atoms with E-state index in [1.165, 1.54) is 77.0 Å². The highest BCUT2D eigenvalue weighted by atomic mass is 16.8. The van der Waals surface area contributed by atoms with Gasteiger partial charge in [-0.2, -0.15) is 0 Å². The molecule has 7 saturated heterocycles. The van der Waals surface area contributed by atoms with Gasteiger partial charge in [0, 0.05) is 58.8 Å². The summed E-state index contributed by atoms with van der Waals surface area (Å²) < 4.78 is 84.9. The molecule has 40 atom stereocenters. The van der Waals surface area contributed by atoms with Gasteiger partial charge in [0.25, 0.3) is 17.4 Å². The van der Waals surface area contributed by atoms with E-state index in [2.05, 4.69) is 35.1 Å². The number of hydrogen-bond acceptors (Lipinski definition) is 44. The number of aliphatic carboxylic acids is 3. The number of unbranched alkanes of at least 4 members (excludes halogenated alkanes) is 24. The number of Topliss-reactive ketones (excluding diaryl/α,β-unsaturated/α-hetero) is 1. The van der Waals surface area contributed by atoms with Crippen LogP contribution in [0.15, 0.2) is 0 Å². The third-order valence-electron chi connectivity index (χ3n) is 27.7. The molecule has 0 spiro atoms. The van der Waals surface area contributed by atoms with Crippen LogP contribution in [0.25, 0.3) is 0 Å². The highest BCUT2D eigenvalue weighted by Gasteiger charge is 2.66. The fourth-order valence-electron chi connectivity index (χ4n) is 19.7. The first kappa shape index (κ1) is 126. The van der Waals surface area contributed by atoms with Crippen LogP contribution in [-0.2, 0) is 105 Å². The van der Waals surface area contributed by atoms with Gasteiger partial charge in [0.1, 0.15) is 146 Å². The predicted molar refractivity (Wildman–Crippen MR) is 493 cm³/mol. The summed E-state index contributed by atoms with van der Waals surface area (Å²) >= 11 is 0. The monoisotopic (exact) mass is 2100 g/mol. The Morgan fingerprint density at radius 1 is 0.366 bits per heavy atom. The first-order valence-electron chi connectivity index (χ1n) is 50.9. The van der Waals surface area contributed by atoms with Crippen LogP contribution >= 0.6 is 0 Å². The standard InChI is InChI=1S/C94H164N4O47/c1-7-9-11-13-15-17-19-21-23-25-27-29-31-33-53(110)52(98-64(116)34-32-30-28-26-24-22-20-18-16-14-12-10-8-2)46-132-86-74(123)73(122)78(62(44-104)135-86)138-88-76(125)84(145-94(91(130)131)38-56(113)67(97-50(6)109)82(143-94)72(121)61(43-103)140-92(89(126)127)36-54(111)65(95-48(4)107)80(141-92)68(117)57(114)39-99)79(63(45-105)136-88)139-85-51(35-47(3)106)77(70(119)59(41-101)133-85)137-87-75(124)83(71(120)60(42-102)134-87)144-93(90(128)129)37-55(112)66(96-49(5)108)81(142-93)69(118)58(115)40-100/h51-63,65-88,99-105,110-115,117-125H,7-46H2,1-6H3,(H,95,107)(H,96,108)(H,97,109)(H,98,116)(H,126,127)(H,128,129)(H,130,131). The Kier molecular flexibility index (Phi) is 54.1. The molecule has 842 valence electrons. The predicted octanol–water partition coefficient (Wildman–Crippen LogP) is -6.16. The Morgan fingerprint density at radius 2 is 0.717 bits per heavy atom. The molecule has 7 aliphatic rings. The second-order valence-electron chi connectivity index (χ2n) is 39.2. The van der Waals surface area contributed by atoms with E-state index in [-0.39, 0.29) is 12.8 Å². The van der Waals surface area contributed by atoms with Gasteiger partial charge in [0.15, 0.2) is 25.2 Å². The molecule has 4 amide bonds. The summed E-state index contributed by atoms with van der Waals surface area (Å²) in [6, 6.07) is -6.98. The van der Waals surface area contributed by atoms with Crippen molar-refractivity contribution in [2.45, 2.75) is 485 Å². The Morgan fingerprint density at radius 3 is 1.12 bits per heavy atom. The molecule has 51 heteroatoms. The molecular weight excluding hydrogens is 1940 g/mol. The number of aliphatic hydroxyl groups excluding tert-OH is 22. The molecule has 51 nitrogen and oxygen atoms in total. The van der Waals surface area contributed by atoms with E-state index >= 15 is 0 Å². The van der Waals surface area contributed by atoms with Gasteiger partial charge in [-0.05, 0) is 19.8 Å². The lowest BCUT2D eigenvalue weighted by molar-refractivity contribution is -0.409. The van der Waals surface area contributed by atoms with E-state index in [0.29, 0.717) is 12.8 Å². The number of ether oxygens (including phenoxy) is 14. The number of carbonyl (C=O) groups is 8. The van der Waals surface area contributed by atoms with Crippen LogP contribution in [-0.4, -0.2) is 465 Å². The number of carboxylic acids is 3. The molecule has 7 rings (SSSR count). The molecule has 0 aromatic carbocycles. The maximum Gasteiger partial charge on any atom is 0.364 e. The Balaban J connectivity index is 1.26. The van der Waals surface area contributed by atoms with Crippen LogP contribution in [0.2, 0.25) is 0 Å². The molecule has 29 N–H and O–H groups in total. The second-order valence-corrected chi connectivity index (χ2v) is 39.2. The summed E-state index contributed by atoms with van der Waals surface area (Å²) in [5, 5.41) is 296. The minimum absolute atomic E-state index is 0.0725. The summed E-state index contributed by atoms with van der Waals surface area (Å²) in [4.78, 5) is 107. The SMILES string of the molecule is CCCCCCCCCCCCCCCC(=O)NC(COC1OC(CO)C(OC2OC(CO)C(OC3OC(CO)C(O)C(OC4OC(CO)C(O)C(OC5(C(=O)O)CC(O)C(NC(C)=O)C(C(O)C(O)CO)O5)C4O)C3CC(C)=O)C(OC3(C(=O)O)CC(O)C(NC(C)=O)C(C(O)C(CO)OC4(C(=O)O)CC(O)C(NC(C)=O)C(C(O)C(O)CO)O4)O3)C2O)C(O)C1O)C(O)CCCCCCCCCCCCCCC. The van der Waals surface area contributed by atoms with Crippen molar-refractivity contribution in [3.63, 3.8) is 0 Å². The van der Waals surface area contributed by atoms with Crippen LogP contribution in [0.3, 0.4) is 0 Å². The quantitative estimate of drug-likeness (QED) is 0.0252. The van der Waals surface area contributed by atoms with Crippen molar-refractivity contribution >= 4 is 47.3 Å². The van der Waals surface area contributed by atoms with Crippen LogP contribution in [0, 0.1) is 5.92 Å². The number of carboxylic acid groups (broad SMARTS) is 3. The van der Waals surface area contributed by atoms with E-state index in [4.69, 9.17) is 66.3 Å². The van der Waals surface area contributed by atoms with Gasteiger partial charge in [-0.1, -0.05) is 174 Å². The molecule has 0 aliphatic carbocycles. The topological polar surface area (TPSA) is 820 Å². The van der Waals surface area contributed by atoms with Crippen molar-refractivity contribution in [3.8, 4) is 0 Å². The molecule has 7 aliphatic heterocycles. The number of ketones is 1. The Labute approximate surface area is 841 Å². The molecular formula is C94H164N4O47. The van der Waals surface area contributed by atoms with Crippen molar-refractivity contribution in [1.29, 1.82) is 0 Å². The Bertz CT molecular complexity index is 3820. The van der Waals surface area contributed by atoms with Gasteiger partial charge in [0.05, 0.1) is 108 Å². The van der Waals surface area contributed by atoms with Gasteiger partial charge < -0.3 is 220 Å². The maximum atomic E-state index is 14.6. The summed E-state index contributed by atoms with van der Waals surface area (Å²) in [6.07, 6.45) is -52.5. The molecule has 0 aromatic rings. The van der Waals surface area contributed by atoms with Gasteiger partial charge in [-0.15, -0.1) is 0 Å². The second kappa shape index (κ2) is 62.0. The number of amides is 4. The Hall–Kier alpha value is -5.48. The molecule has 7 fully saturated rings. The van der Waals surface area contributed by atoms with Gasteiger partial charge in [-0.25, -0.2) is 14.4 Å². The van der Waals surface area contributed by atoms with Crippen LogP contribution in [0.1, 0.15) is 247 Å². The van der Waals surface area contributed by atoms with E-state index < -0.39 is 369 Å². The smallest absolute Gasteiger partial charge is 0.364 e. The number of rotatable bonds is 66. The lowest BCUT2D eigenvalue weighted by Crippen LogP contribution is -2.72. The summed E-state index contributed by atoms with van der Waals surface area (Å²) in [5.41, 5.74) is 0. The van der Waals surface area contributed by atoms with E-state index in [1.807, 2.05) is 0 Å². The molecule has 0 aromatic heterocycles. The van der Waals surface area contributed by atoms with Crippen LogP contribution < -0.4 is 21.3 Å². The lowest BCUT2D eigenvalue weighted by Gasteiger charge is -2.53. The normalized spacial score (nSPS) is 35.8. The minimum Gasteiger partial charge on any atom is -0.477 e. The summed E-state index contributed by atoms with van der Waals surface area (Å²) in [5.74, 6) is -23.8. The van der Waals surface area contributed by atoms with Crippen LogP contribution in [0.4, 0.5) is 0 Å². The highest BCUT2D eigenvalue weighted by Crippen LogP contribution is 2.46. The van der Waals surface area contributed by atoms with Crippen molar-refractivity contribution in [2.24, 2.45) is 5.92 Å². The molecule has 0 bridgehead atoms. The summed E-state index contributed by atoms with van der Waals surface area (Å²) in [7, 11) is 0. The maximum absolute atomic E-state index is 14.6. The molecule has 145 heavy (non-hydrogen) atoms. The number of hydrogen-bond donors (Lipinski definition) is 29. The fourth-order valence-corrected chi connectivity index (χ4v) is 19.7. The lowest BCUT2D eigenvalue weighted by atomic mass is 9.86. The van der Waals surface area contributed by atoms with E-state index in [0.717, 1.165) is 105 Å². The number of nitrogens with one attached hydrogen (secondary N) is 4. The van der Waals surface area contributed by atoms with Crippen molar-refractivity contribution in [2.75, 3.05) is 52.9 Å². The third-order valence-corrected chi connectivity index (χ3v) is 27.7. The van der Waals surface area contributed by atoms with E-state index in [1.54, 1.807) is 0 Å². The average Bonchev–Trinajstić information content (AvgIpc) is 0.739. The minimum atomic E-state index is -3.79. The molecule has 0 saturated carbocycles. The van der Waals surface area contributed by atoms with Gasteiger partial charge >= 0.3 is 17.9 Å².